The fraction of sp³-hybridized carbons (Fsp3) is 0.471. The number of piperazine rings is 1. The second-order valence-electron chi connectivity index (χ2n) is 6.07. The smallest absolute Gasteiger partial charge is 0.308 e. The Morgan fingerprint density at radius 2 is 1.84 bits per heavy atom. The van der Waals surface area contributed by atoms with Gasteiger partial charge in [-0.1, -0.05) is 12.1 Å². The molecule has 7 nitrogen and oxygen atoms in total. The number of para-hydroxylation sites is 1. The second-order valence-corrected chi connectivity index (χ2v) is 6.07. The number of carbonyl (C=O) groups is 3. The average molecular weight is 351 g/mol. The SMILES string of the molecule is CC(=O)N1CCN(C[C@@H](CC(=O)Nc2ccccc2F)C(=O)O)CC1. The summed E-state index contributed by atoms with van der Waals surface area (Å²) in [5, 5.41) is 11.8. The highest BCUT2D eigenvalue weighted by Gasteiger charge is 2.27. The predicted octanol–water partition coefficient (Wildman–Crippen LogP) is 1.02. The topological polar surface area (TPSA) is 90.0 Å². The molecule has 1 aliphatic rings. The molecule has 0 unspecified atom stereocenters. The predicted molar refractivity (Wildman–Crippen MR) is 89.5 cm³/mol. The molecule has 0 aromatic heterocycles. The Balaban J connectivity index is 1.88. The molecule has 2 N–H and O–H groups in total. The molecular weight excluding hydrogens is 329 g/mol. The summed E-state index contributed by atoms with van der Waals surface area (Å²) in [5.74, 6) is -3.07. The van der Waals surface area contributed by atoms with Crippen LogP contribution in [-0.4, -0.2) is 65.4 Å². The molecule has 1 saturated heterocycles. The summed E-state index contributed by atoms with van der Waals surface area (Å²) in [6.45, 7) is 3.94. The molecule has 1 aromatic rings. The molecule has 1 atom stereocenters. The van der Waals surface area contributed by atoms with Gasteiger partial charge in [0.25, 0.3) is 0 Å². The van der Waals surface area contributed by atoms with Crippen LogP contribution in [0.4, 0.5) is 10.1 Å². The fourth-order valence-corrected chi connectivity index (χ4v) is 2.77. The van der Waals surface area contributed by atoms with E-state index < -0.39 is 23.6 Å². The van der Waals surface area contributed by atoms with Gasteiger partial charge in [-0.2, -0.15) is 0 Å². The van der Waals surface area contributed by atoms with Crippen molar-refractivity contribution in [2.24, 2.45) is 5.92 Å². The number of nitrogens with one attached hydrogen (secondary N) is 1. The first-order valence-corrected chi connectivity index (χ1v) is 8.12. The van der Waals surface area contributed by atoms with Crippen molar-refractivity contribution < 1.29 is 23.9 Å². The first-order valence-electron chi connectivity index (χ1n) is 8.12. The van der Waals surface area contributed by atoms with Gasteiger partial charge in [0, 0.05) is 46.1 Å². The molecule has 0 radical (unpaired) electrons. The van der Waals surface area contributed by atoms with E-state index in [2.05, 4.69) is 5.32 Å². The Kier molecular flexibility index (Phi) is 6.46. The van der Waals surface area contributed by atoms with Crippen molar-refractivity contribution in [3.05, 3.63) is 30.1 Å². The molecule has 2 rings (SSSR count). The zero-order valence-electron chi connectivity index (χ0n) is 14.1. The van der Waals surface area contributed by atoms with Crippen LogP contribution in [0.2, 0.25) is 0 Å². The monoisotopic (exact) mass is 351 g/mol. The van der Waals surface area contributed by atoms with E-state index in [-0.39, 0.29) is 24.6 Å². The van der Waals surface area contributed by atoms with Crippen molar-refractivity contribution in [1.29, 1.82) is 0 Å². The van der Waals surface area contributed by atoms with Gasteiger partial charge in [-0.05, 0) is 12.1 Å². The van der Waals surface area contributed by atoms with Crippen molar-refractivity contribution in [3.8, 4) is 0 Å². The Hall–Kier alpha value is -2.48. The van der Waals surface area contributed by atoms with Gasteiger partial charge >= 0.3 is 5.97 Å². The molecule has 1 fully saturated rings. The number of carboxylic acids is 1. The van der Waals surface area contributed by atoms with E-state index in [9.17, 15) is 23.9 Å². The van der Waals surface area contributed by atoms with Crippen molar-refractivity contribution in [3.63, 3.8) is 0 Å². The van der Waals surface area contributed by atoms with Gasteiger partial charge in [0.05, 0.1) is 11.6 Å². The van der Waals surface area contributed by atoms with Gasteiger partial charge < -0.3 is 15.3 Å². The number of carboxylic acid groups (broad SMARTS) is 1. The minimum Gasteiger partial charge on any atom is -0.481 e. The maximum atomic E-state index is 13.5. The van der Waals surface area contributed by atoms with E-state index in [1.165, 1.54) is 25.1 Å². The van der Waals surface area contributed by atoms with Gasteiger partial charge in [-0.25, -0.2) is 4.39 Å². The summed E-state index contributed by atoms with van der Waals surface area (Å²) in [6, 6.07) is 5.73. The standard InChI is InChI=1S/C17H22FN3O4/c1-12(22)21-8-6-20(7-9-21)11-13(17(24)25)10-16(23)19-15-5-3-2-4-14(15)18/h2-5,13H,6-11H2,1H3,(H,19,23)(H,24,25)/t13-/m1/s1. The number of nitrogens with zero attached hydrogens (tertiary/aromatic N) is 2. The number of aliphatic carboxylic acids is 1. The lowest BCUT2D eigenvalue weighted by Gasteiger charge is -2.35. The first-order chi connectivity index (χ1) is 11.9. The van der Waals surface area contributed by atoms with Crippen molar-refractivity contribution in [2.45, 2.75) is 13.3 Å². The third-order valence-electron chi connectivity index (χ3n) is 4.23. The number of hydrogen-bond donors (Lipinski definition) is 2. The third kappa shape index (κ3) is 5.53. The molecular formula is C17H22FN3O4. The van der Waals surface area contributed by atoms with Crippen LogP contribution < -0.4 is 5.32 Å². The summed E-state index contributed by atoms with van der Waals surface area (Å²) in [6.07, 6.45) is -0.239. The summed E-state index contributed by atoms with van der Waals surface area (Å²) in [5.41, 5.74) is 0.0340. The van der Waals surface area contributed by atoms with Crippen molar-refractivity contribution in [1.82, 2.24) is 9.80 Å². The van der Waals surface area contributed by atoms with Gasteiger partial charge in [-0.3, -0.25) is 19.3 Å². The van der Waals surface area contributed by atoms with Crippen LogP contribution in [-0.2, 0) is 14.4 Å². The number of benzene rings is 1. The largest absolute Gasteiger partial charge is 0.481 e. The Morgan fingerprint density at radius 1 is 1.20 bits per heavy atom. The minimum absolute atomic E-state index is 0.00120. The van der Waals surface area contributed by atoms with Crippen LogP contribution in [0.5, 0.6) is 0 Å². The lowest BCUT2D eigenvalue weighted by Crippen LogP contribution is -2.50. The molecule has 2 amide bonds. The Labute approximate surface area is 145 Å². The molecule has 0 aliphatic carbocycles. The van der Waals surface area contributed by atoms with Crippen molar-refractivity contribution in [2.75, 3.05) is 38.0 Å². The lowest BCUT2D eigenvalue weighted by atomic mass is 10.0. The number of anilines is 1. The number of rotatable bonds is 6. The van der Waals surface area contributed by atoms with E-state index >= 15 is 0 Å². The summed E-state index contributed by atoms with van der Waals surface area (Å²) in [4.78, 5) is 38.4. The zero-order chi connectivity index (χ0) is 18.4. The number of carbonyl (C=O) groups excluding carboxylic acids is 2. The first kappa shape index (κ1) is 18.9. The van der Waals surface area contributed by atoms with Gasteiger partial charge in [0.1, 0.15) is 5.82 Å². The highest BCUT2D eigenvalue weighted by molar-refractivity contribution is 5.93. The van der Waals surface area contributed by atoms with Crippen LogP contribution in [0, 0.1) is 11.7 Å². The average Bonchev–Trinajstić information content (AvgIpc) is 2.56. The zero-order valence-corrected chi connectivity index (χ0v) is 14.1. The van der Waals surface area contributed by atoms with Gasteiger partial charge in [-0.15, -0.1) is 0 Å². The summed E-state index contributed by atoms with van der Waals surface area (Å²) < 4.78 is 13.5. The van der Waals surface area contributed by atoms with E-state index in [0.717, 1.165) is 0 Å². The molecule has 136 valence electrons. The number of hydrogen-bond acceptors (Lipinski definition) is 4. The lowest BCUT2D eigenvalue weighted by molar-refractivity contribution is -0.144. The maximum Gasteiger partial charge on any atom is 0.308 e. The van der Waals surface area contributed by atoms with Crippen molar-refractivity contribution >= 4 is 23.5 Å². The normalized spacial score (nSPS) is 16.3. The highest BCUT2D eigenvalue weighted by Crippen LogP contribution is 2.15. The molecule has 1 aliphatic heterocycles. The molecule has 1 aromatic carbocycles. The fourth-order valence-electron chi connectivity index (χ4n) is 2.77. The summed E-state index contributed by atoms with van der Waals surface area (Å²) >= 11 is 0. The van der Waals surface area contributed by atoms with Crippen LogP contribution in [0.1, 0.15) is 13.3 Å². The van der Waals surface area contributed by atoms with Crippen LogP contribution >= 0.6 is 0 Å². The molecule has 8 heteroatoms. The molecule has 0 bridgehead atoms. The number of amides is 2. The Morgan fingerprint density at radius 3 is 2.40 bits per heavy atom. The van der Waals surface area contributed by atoms with Crippen LogP contribution in [0.15, 0.2) is 24.3 Å². The quantitative estimate of drug-likeness (QED) is 0.799. The van der Waals surface area contributed by atoms with Gasteiger partial charge in [0.2, 0.25) is 11.8 Å². The molecule has 0 spiro atoms. The van der Waals surface area contributed by atoms with Gasteiger partial charge in [0.15, 0.2) is 0 Å². The third-order valence-corrected chi connectivity index (χ3v) is 4.23. The minimum atomic E-state index is -1.07. The van der Waals surface area contributed by atoms with E-state index in [0.29, 0.717) is 26.2 Å². The van der Waals surface area contributed by atoms with E-state index in [1.54, 1.807) is 11.0 Å². The highest BCUT2D eigenvalue weighted by atomic mass is 19.1. The van der Waals surface area contributed by atoms with Crippen LogP contribution in [0.3, 0.4) is 0 Å². The second kappa shape index (κ2) is 8.57. The molecule has 25 heavy (non-hydrogen) atoms. The van der Waals surface area contributed by atoms with Crippen LogP contribution in [0.25, 0.3) is 0 Å². The molecule has 0 saturated carbocycles. The molecule has 1 heterocycles. The van der Waals surface area contributed by atoms with E-state index in [4.69, 9.17) is 0 Å². The maximum absolute atomic E-state index is 13.5. The number of halogens is 1. The van der Waals surface area contributed by atoms with E-state index in [1.807, 2.05) is 4.90 Å². The summed E-state index contributed by atoms with van der Waals surface area (Å²) in [7, 11) is 0. The Bertz CT molecular complexity index is 645.